The molecule has 1 aromatic rings. The molecule has 0 saturated carbocycles. The van der Waals surface area contributed by atoms with Gasteiger partial charge in [0.05, 0.1) is 6.04 Å². The molecule has 2 N–H and O–H groups in total. The van der Waals surface area contributed by atoms with E-state index >= 15 is 0 Å². The minimum Gasteiger partial charge on any atom is -0.444 e. The molecule has 1 saturated heterocycles. The summed E-state index contributed by atoms with van der Waals surface area (Å²) in [5.41, 5.74) is 5.41. The molecule has 0 spiro atoms. The fraction of sp³-hybridized carbons (Fsp3) is 0.810. The van der Waals surface area contributed by atoms with Crippen molar-refractivity contribution < 1.29 is 9.53 Å². The zero-order valence-electron chi connectivity index (χ0n) is 19.8. The maximum Gasteiger partial charge on any atom is 0.410 e. The zero-order valence-corrected chi connectivity index (χ0v) is 19.8. The molecule has 2 atom stereocenters. The smallest absolute Gasteiger partial charge is 0.410 e. The predicted molar refractivity (Wildman–Crippen MR) is 119 cm³/mol. The van der Waals surface area contributed by atoms with Gasteiger partial charge in [-0.2, -0.15) is 15.0 Å². The first-order valence-corrected chi connectivity index (χ1v) is 10.8. The van der Waals surface area contributed by atoms with Crippen LogP contribution in [0.4, 0.5) is 16.7 Å². The number of anilines is 2. The summed E-state index contributed by atoms with van der Waals surface area (Å²) in [6.07, 6.45) is 1.90. The monoisotopic (exact) mass is 421 g/mol. The molecule has 0 aromatic carbocycles. The number of ether oxygens (including phenoxy) is 1. The van der Waals surface area contributed by atoms with Crippen LogP contribution in [-0.4, -0.2) is 76.2 Å². The Bertz CT molecular complexity index is 718. The summed E-state index contributed by atoms with van der Waals surface area (Å²) in [6, 6.07) is 0.101. The number of nitrogen functional groups attached to an aromatic ring is 1. The largest absolute Gasteiger partial charge is 0.444 e. The third-order valence-corrected chi connectivity index (χ3v) is 5.24. The van der Waals surface area contributed by atoms with Crippen LogP contribution in [0.2, 0.25) is 0 Å². The first-order chi connectivity index (χ1) is 13.9. The van der Waals surface area contributed by atoms with E-state index in [9.17, 15) is 4.79 Å². The summed E-state index contributed by atoms with van der Waals surface area (Å²) < 4.78 is 5.62. The lowest BCUT2D eigenvalue weighted by atomic mass is 9.95. The number of amides is 1. The SMILES string of the molecule is CC(c1nc(N)nc(N(C)C)n1)N1CCCC(CN(C(=O)OC(C)(C)C)C(C)C)C1. The maximum absolute atomic E-state index is 12.7. The van der Waals surface area contributed by atoms with Gasteiger partial charge in [-0.25, -0.2) is 4.79 Å². The number of nitrogens with zero attached hydrogens (tertiary/aromatic N) is 6. The molecule has 1 aromatic heterocycles. The van der Waals surface area contributed by atoms with Gasteiger partial charge in [0.2, 0.25) is 11.9 Å². The van der Waals surface area contributed by atoms with E-state index in [0.29, 0.717) is 24.2 Å². The van der Waals surface area contributed by atoms with Crippen molar-refractivity contribution in [3.05, 3.63) is 5.82 Å². The van der Waals surface area contributed by atoms with Gasteiger partial charge in [-0.15, -0.1) is 0 Å². The Labute approximate surface area is 181 Å². The van der Waals surface area contributed by atoms with E-state index in [-0.39, 0.29) is 24.1 Å². The minimum absolute atomic E-state index is 0.0193. The van der Waals surface area contributed by atoms with E-state index in [1.807, 2.05) is 58.5 Å². The van der Waals surface area contributed by atoms with Gasteiger partial charge in [-0.05, 0) is 66.8 Å². The van der Waals surface area contributed by atoms with Gasteiger partial charge in [-0.3, -0.25) is 4.90 Å². The van der Waals surface area contributed by atoms with E-state index in [1.54, 1.807) is 0 Å². The second-order valence-electron chi connectivity index (χ2n) is 9.65. The molecule has 2 rings (SSSR count). The summed E-state index contributed by atoms with van der Waals surface area (Å²) in [5, 5.41) is 0. The van der Waals surface area contributed by atoms with Crippen molar-refractivity contribution in [3.63, 3.8) is 0 Å². The number of likely N-dealkylation sites (tertiary alicyclic amines) is 1. The summed E-state index contributed by atoms with van der Waals surface area (Å²) in [4.78, 5) is 31.9. The Hall–Kier alpha value is -2.16. The van der Waals surface area contributed by atoms with Crippen LogP contribution in [0.1, 0.15) is 66.3 Å². The standard InChI is InChI=1S/C21H39N7O2/c1-14(2)28(20(29)30-21(4,5)6)13-16-10-9-11-27(12-16)15(3)17-23-18(22)25-19(24-17)26(7)8/h14-16H,9-13H2,1-8H3,(H2,22,23,24,25). The lowest BCUT2D eigenvalue weighted by Crippen LogP contribution is -2.47. The molecule has 1 fully saturated rings. The maximum atomic E-state index is 12.7. The van der Waals surface area contributed by atoms with Crippen molar-refractivity contribution in [1.82, 2.24) is 24.8 Å². The molecular formula is C21H39N7O2. The second kappa shape index (κ2) is 9.76. The van der Waals surface area contributed by atoms with E-state index in [2.05, 4.69) is 26.8 Å². The van der Waals surface area contributed by atoms with E-state index < -0.39 is 5.60 Å². The van der Waals surface area contributed by atoms with Crippen LogP contribution >= 0.6 is 0 Å². The van der Waals surface area contributed by atoms with Gasteiger partial charge in [0.25, 0.3) is 0 Å². The Morgan fingerprint density at radius 2 is 1.90 bits per heavy atom. The van der Waals surface area contributed by atoms with Gasteiger partial charge in [0.15, 0.2) is 5.82 Å². The molecule has 2 heterocycles. The molecule has 0 radical (unpaired) electrons. The third-order valence-electron chi connectivity index (χ3n) is 5.24. The first kappa shape index (κ1) is 24.1. The molecule has 30 heavy (non-hydrogen) atoms. The van der Waals surface area contributed by atoms with Crippen LogP contribution in [0.3, 0.4) is 0 Å². The Balaban J connectivity index is 2.09. The van der Waals surface area contributed by atoms with Crippen LogP contribution in [0.5, 0.6) is 0 Å². The number of hydrogen-bond donors (Lipinski definition) is 1. The van der Waals surface area contributed by atoms with Crippen molar-refractivity contribution in [2.24, 2.45) is 5.92 Å². The molecule has 2 unspecified atom stereocenters. The van der Waals surface area contributed by atoms with E-state index in [0.717, 1.165) is 25.9 Å². The van der Waals surface area contributed by atoms with Crippen LogP contribution in [0, 0.1) is 5.92 Å². The molecule has 9 heteroatoms. The predicted octanol–water partition coefficient (Wildman–Crippen LogP) is 2.94. The molecule has 0 aliphatic carbocycles. The Morgan fingerprint density at radius 3 is 2.47 bits per heavy atom. The lowest BCUT2D eigenvalue weighted by Gasteiger charge is -2.39. The first-order valence-electron chi connectivity index (χ1n) is 10.8. The summed E-state index contributed by atoms with van der Waals surface area (Å²) >= 11 is 0. The number of hydrogen-bond acceptors (Lipinski definition) is 8. The second-order valence-corrected chi connectivity index (χ2v) is 9.65. The van der Waals surface area contributed by atoms with Crippen molar-refractivity contribution in [3.8, 4) is 0 Å². The van der Waals surface area contributed by atoms with Gasteiger partial charge in [-0.1, -0.05) is 0 Å². The Kier molecular flexibility index (Phi) is 7.85. The highest BCUT2D eigenvalue weighted by Crippen LogP contribution is 2.27. The minimum atomic E-state index is -0.500. The van der Waals surface area contributed by atoms with Crippen LogP contribution in [-0.2, 0) is 4.74 Å². The average Bonchev–Trinajstić information content (AvgIpc) is 2.63. The van der Waals surface area contributed by atoms with E-state index in [4.69, 9.17) is 10.5 Å². The molecule has 1 amide bonds. The van der Waals surface area contributed by atoms with Crippen molar-refractivity contribution in [1.29, 1.82) is 0 Å². The zero-order chi connectivity index (χ0) is 22.6. The highest BCUT2D eigenvalue weighted by atomic mass is 16.6. The number of carbonyl (C=O) groups excluding carboxylic acids is 1. The van der Waals surface area contributed by atoms with Gasteiger partial charge >= 0.3 is 6.09 Å². The number of carbonyl (C=O) groups is 1. The lowest BCUT2D eigenvalue weighted by molar-refractivity contribution is 0.0106. The topological polar surface area (TPSA) is 101 Å². The highest BCUT2D eigenvalue weighted by molar-refractivity contribution is 5.68. The van der Waals surface area contributed by atoms with Crippen LogP contribution in [0.15, 0.2) is 0 Å². The summed E-state index contributed by atoms with van der Waals surface area (Å²) in [6.45, 7) is 14.4. The number of rotatable bonds is 6. The molecular weight excluding hydrogens is 382 g/mol. The van der Waals surface area contributed by atoms with Crippen molar-refractivity contribution in [2.75, 3.05) is 44.4 Å². The van der Waals surface area contributed by atoms with Gasteiger partial charge in [0.1, 0.15) is 5.60 Å². The normalized spacial score (nSPS) is 18.9. The summed E-state index contributed by atoms with van der Waals surface area (Å²) in [5.74, 6) is 1.84. The van der Waals surface area contributed by atoms with Gasteiger partial charge < -0.3 is 20.3 Å². The fourth-order valence-electron chi connectivity index (χ4n) is 3.64. The number of piperidine rings is 1. The third kappa shape index (κ3) is 6.68. The molecule has 1 aliphatic rings. The summed E-state index contributed by atoms with van der Waals surface area (Å²) in [7, 11) is 3.77. The molecule has 9 nitrogen and oxygen atoms in total. The van der Waals surface area contributed by atoms with Crippen molar-refractivity contribution >= 4 is 18.0 Å². The van der Waals surface area contributed by atoms with E-state index in [1.165, 1.54) is 0 Å². The Morgan fingerprint density at radius 1 is 1.23 bits per heavy atom. The molecule has 0 bridgehead atoms. The van der Waals surface area contributed by atoms with Crippen LogP contribution in [0.25, 0.3) is 0 Å². The number of aromatic nitrogens is 3. The highest BCUT2D eigenvalue weighted by Gasteiger charge is 2.31. The molecule has 1 aliphatic heterocycles. The molecule has 170 valence electrons. The van der Waals surface area contributed by atoms with Crippen molar-refractivity contribution in [2.45, 2.75) is 72.1 Å². The van der Waals surface area contributed by atoms with Crippen LogP contribution < -0.4 is 10.6 Å². The average molecular weight is 422 g/mol. The fourth-order valence-corrected chi connectivity index (χ4v) is 3.64. The number of nitrogens with two attached hydrogens (primary N) is 1. The quantitative estimate of drug-likeness (QED) is 0.748. The van der Waals surface area contributed by atoms with Gasteiger partial charge in [0, 0.05) is 33.2 Å².